The number of para-hydroxylation sites is 1. The third kappa shape index (κ3) is 4.14. The number of benzene rings is 1. The molecule has 1 atom stereocenters. The van der Waals surface area contributed by atoms with E-state index >= 15 is 0 Å². The van der Waals surface area contributed by atoms with Crippen LogP contribution in [0.25, 0.3) is 5.69 Å². The zero-order valence-electron chi connectivity index (χ0n) is 12.9. The predicted octanol–water partition coefficient (Wildman–Crippen LogP) is 1.62. The molecule has 1 unspecified atom stereocenters. The molecule has 1 N–H and O–H groups in total. The van der Waals surface area contributed by atoms with Gasteiger partial charge in [0.05, 0.1) is 24.6 Å². The van der Waals surface area contributed by atoms with Gasteiger partial charge in [-0.2, -0.15) is 0 Å². The normalized spacial score (nSPS) is 12.8. The average molecular weight is 289 g/mol. The van der Waals surface area contributed by atoms with Gasteiger partial charge in [0.1, 0.15) is 5.82 Å². The Morgan fingerprint density at radius 1 is 1.33 bits per heavy atom. The molecule has 1 aromatic heterocycles. The minimum absolute atomic E-state index is 0.349. The van der Waals surface area contributed by atoms with Crippen LogP contribution in [0.1, 0.15) is 11.5 Å². The summed E-state index contributed by atoms with van der Waals surface area (Å²) in [6, 6.07) is 10.2. The molecule has 0 radical (unpaired) electrons. The summed E-state index contributed by atoms with van der Waals surface area (Å²) in [4.78, 5) is 6.48. The molecule has 1 aromatic carbocycles. The van der Waals surface area contributed by atoms with Crippen LogP contribution in [-0.2, 0) is 11.3 Å². The topological polar surface area (TPSA) is 50.5 Å². The third-order valence-corrected chi connectivity index (χ3v) is 3.34. The van der Waals surface area contributed by atoms with E-state index in [2.05, 4.69) is 26.6 Å². The van der Waals surface area contributed by atoms with Crippen LogP contribution in [0, 0.1) is 6.92 Å². The van der Waals surface area contributed by atoms with Crippen LogP contribution >= 0.6 is 0 Å². The number of aliphatic hydroxyl groups is 1. The van der Waals surface area contributed by atoms with E-state index in [9.17, 15) is 5.11 Å². The highest BCUT2D eigenvalue weighted by Crippen LogP contribution is 2.15. The van der Waals surface area contributed by atoms with Crippen LogP contribution in [0.15, 0.2) is 36.5 Å². The smallest absolute Gasteiger partial charge is 0.110 e. The van der Waals surface area contributed by atoms with E-state index in [4.69, 9.17) is 4.74 Å². The summed E-state index contributed by atoms with van der Waals surface area (Å²) in [5, 5.41) is 9.80. The van der Waals surface area contributed by atoms with E-state index in [1.165, 1.54) is 0 Å². The number of hydrogen-bond donors (Lipinski definition) is 1. The molecule has 2 rings (SSSR count). The summed E-state index contributed by atoms with van der Waals surface area (Å²) in [6.45, 7) is 3.63. The van der Waals surface area contributed by atoms with Gasteiger partial charge in [-0.15, -0.1) is 0 Å². The summed E-state index contributed by atoms with van der Waals surface area (Å²) < 4.78 is 7.10. The van der Waals surface area contributed by atoms with Crippen LogP contribution in [0.4, 0.5) is 0 Å². The van der Waals surface area contributed by atoms with Crippen molar-refractivity contribution in [3.63, 3.8) is 0 Å². The van der Waals surface area contributed by atoms with Gasteiger partial charge in [0.2, 0.25) is 0 Å². The Kier molecular flexibility index (Phi) is 5.50. The van der Waals surface area contributed by atoms with Gasteiger partial charge < -0.3 is 9.84 Å². The van der Waals surface area contributed by atoms with Crippen molar-refractivity contribution in [2.45, 2.75) is 19.6 Å². The lowest BCUT2D eigenvalue weighted by atomic mass is 10.3. The lowest BCUT2D eigenvalue weighted by Gasteiger charge is -2.21. The molecular formula is C16H23N3O2. The second kappa shape index (κ2) is 7.36. The van der Waals surface area contributed by atoms with Gasteiger partial charge in [0.25, 0.3) is 0 Å². The molecule has 2 aromatic rings. The standard InChI is InChI=1S/C16H23N3O2/c1-13-17-9-15(10-18(2)11-16(20)12-21-3)19(13)14-7-5-4-6-8-14/h4-9,16,20H,10-12H2,1-3H3. The molecule has 114 valence electrons. The highest BCUT2D eigenvalue weighted by atomic mass is 16.5. The van der Waals surface area contributed by atoms with Crippen molar-refractivity contribution in [2.24, 2.45) is 0 Å². The van der Waals surface area contributed by atoms with Gasteiger partial charge in [0, 0.05) is 25.9 Å². The SMILES string of the molecule is COCC(O)CN(C)Cc1cnc(C)n1-c1ccccc1. The zero-order valence-corrected chi connectivity index (χ0v) is 12.9. The first-order chi connectivity index (χ1) is 10.1. The summed E-state index contributed by atoms with van der Waals surface area (Å²) in [6.07, 6.45) is 1.41. The van der Waals surface area contributed by atoms with Gasteiger partial charge in [-0.05, 0) is 26.1 Å². The minimum atomic E-state index is -0.478. The molecule has 5 heteroatoms. The van der Waals surface area contributed by atoms with E-state index in [1.54, 1.807) is 7.11 Å². The fourth-order valence-electron chi connectivity index (χ4n) is 2.48. The Hall–Kier alpha value is -1.69. The lowest BCUT2D eigenvalue weighted by molar-refractivity contribution is 0.0416. The number of likely N-dealkylation sites (N-methyl/N-ethyl adjacent to an activating group) is 1. The van der Waals surface area contributed by atoms with Crippen molar-refractivity contribution < 1.29 is 9.84 Å². The third-order valence-electron chi connectivity index (χ3n) is 3.34. The number of ether oxygens (including phenoxy) is 1. The van der Waals surface area contributed by atoms with Crippen LogP contribution < -0.4 is 0 Å². The summed E-state index contributed by atoms with van der Waals surface area (Å²) in [5.74, 6) is 0.960. The Morgan fingerprint density at radius 2 is 2.05 bits per heavy atom. The summed E-state index contributed by atoms with van der Waals surface area (Å²) in [5.41, 5.74) is 2.21. The highest BCUT2D eigenvalue weighted by Gasteiger charge is 2.13. The highest BCUT2D eigenvalue weighted by molar-refractivity contribution is 5.35. The van der Waals surface area contributed by atoms with Gasteiger partial charge >= 0.3 is 0 Å². The van der Waals surface area contributed by atoms with Crippen molar-refractivity contribution in [3.8, 4) is 5.69 Å². The van der Waals surface area contributed by atoms with Crippen molar-refractivity contribution in [3.05, 3.63) is 48.0 Å². The fraction of sp³-hybridized carbons (Fsp3) is 0.438. The van der Waals surface area contributed by atoms with E-state index in [-0.39, 0.29) is 0 Å². The van der Waals surface area contributed by atoms with Gasteiger partial charge in [-0.3, -0.25) is 9.47 Å². The Bertz CT molecular complexity index is 554. The molecule has 0 saturated heterocycles. The molecule has 0 aliphatic carbocycles. The van der Waals surface area contributed by atoms with Crippen molar-refractivity contribution in [1.82, 2.24) is 14.5 Å². The number of nitrogens with zero attached hydrogens (tertiary/aromatic N) is 3. The van der Waals surface area contributed by atoms with E-state index in [1.807, 2.05) is 38.4 Å². The predicted molar refractivity (Wildman–Crippen MR) is 82.5 cm³/mol. The maximum absolute atomic E-state index is 9.80. The summed E-state index contributed by atoms with van der Waals surface area (Å²) in [7, 11) is 3.58. The van der Waals surface area contributed by atoms with Crippen molar-refractivity contribution >= 4 is 0 Å². The first-order valence-corrected chi connectivity index (χ1v) is 7.06. The molecule has 0 fully saturated rings. The van der Waals surface area contributed by atoms with Gasteiger partial charge in [-0.1, -0.05) is 18.2 Å². The first-order valence-electron chi connectivity index (χ1n) is 7.06. The second-order valence-corrected chi connectivity index (χ2v) is 5.27. The molecule has 0 aliphatic rings. The van der Waals surface area contributed by atoms with Crippen LogP contribution in [0.5, 0.6) is 0 Å². The maximum Gasteiger partial charge on any atom is 0.110 e. The Labute approximate surface area is 125 Å². The number of methoxy groups -OCH3 is 1. The van der Waals surface area contributed by atoms with Crippen LogP contribution in [0.2, 0.25) is 0 Å². The molecule has 0 amide bonds. The average Bonchev–Trinajstić information content (AvgIpc) is 2.80. The molecule has 5 nitrogen and oxygen atoms in total. The molecule has 21 heavy (non-hydrogen) atoms. The minimum Gasteiger partial charge on any atom is -0.389 e. The van der Waals surface area contributed by atoms with E-state index in [0.29, 0.717) is 13.2 Å². The monoisotopic (exact) mass is 289 g/mol. The number of imidazole rings is 1. The molecule has 0 saturated carbocycles. The quantitative estimate of drug-likeness (QED) is 0.841. The fourth-order valence-corrected chi connectivity index (χ4v) is 2.48. The number of aryl methyl sites for hydroxylation is 1. The molecule has 0 aliphatic heterocycles. The number of rotatable bonds is 7. The molecule has 0 spiro atoms. The van der Waals surface area contributed by atoms with Crippen LogP contribution in [-0.4, -0.2) is 53.0 Å². The first kappa shape index (κ1) is 15.7. The summed E-state index contributed by atoms with van der Waals surface area (Å²) >= 11 is 0. The number of hydrogen-bond acceptors (Lipinski definition) is 4. The van der Waals surface area contributed by atoms with Crippen molar-refractivity contribution in [1.29, 1.82) is 0 Å². The lowest BCUT2D eigenvalue weighted by Crippen LogP contribution is -2.32. The largest absolute Gasteiger partial charge is 0.389 e. The second-order valence-electron chi connectivity index (χ2n) is 5.27. The Balaban J connectivity index is 2.11. The molecule has 0 bridgehead atoms. The van der Waals surface area contributed by atoms with Crippen LogP contribution in [0.3, 0.4) is 0 Å². The maximum atomic E-state index is 9.80. The van der Waals surface area contributed by atoms with E-state index in [0.717, 1.165) is 23.8 Å². The van der Waals surface area contributed by atoms with Crippen molar-refractivity contribution in [2.75, 3.05) is 27.3 Å². The Morgan fingerprint density at radius 3 is 2.71 bits per heavy atom. The molecular weight excluding hydrogens is 266 g/mol. The molecule has 1 heterocycles. The zero-order chi connectivity index (χ0) is 15.2. The number of aliphatic hydroxyl groups excluding tert-OH is 1. The van der Waals surface area contributed by atoms with Gasteiger partial charge in [0.15, 0.2) is 0 Å². The van der Waals surface area contributed by atoms with Gasteiger partial charge in [-0.25, -0.2) is 4.98 Å². The van der Waals surface area contributed by atoms with E-state index < -0.39 is 6.10 Å². The number of aromatic nitrogens is 2.